The minimum atomic E-state index is 0.329. The van der Waals surface area contributed by atoms with Crippen LogP contribution in [0.1, 0.15) is 49.8 Å². The molecule has 3 nitrogen and oxygen atoms in total. The molecule has 0 atom stereocenters. The third-order valence-corrected chi connectivity index (χ3v) is 5.75. The summed E-state index contributed by atoms with van der Waals surface area (Å²) in [7, 11) is 0. The molecule has 0 aromatic heterocycles. The number of ether oxygens (including phenoxy) is 1. The van der Waals surface area contributed by atoms with Crippen molar-refractivity contribution >= 4 is 0 Å². The van der Waals surface area contributed by atoms with Crippen LogP contribution in [0.25, 0.3) is 0 Å². The van der Waals surface area contributed by atoms with Crippen LogP contribution in [0.5, 0.6) is 0 Å². The lowest BCUT2D eigenvalue weighted by Gasteiger charge is -2.32. The molecule has 0 amide bonds. The Morgan fingerprint density at radius 2 is 1.69 bits per heavy atom. The summed E-state index contributed by atoms with van der Waals surface area (Å²) in [4.78, 5) is 2.62. The highest BCUT2D eigenvalue weighted by molar-refractivity contribution is 5.23. The first-order chi connectivity index (χ1) is 14.2. The van der Waals surface area contributed by atoms with E-state index < -0.39 is 0 Å². The maximum absolute atomic E-state index is 5.59. The van der Waals surface area contributed by atoms with Crippen molar-refractivity contribution in [3.05, 3.63) is 71.3 Å². The number of piperidine rings is 1. The van der Waals surface area contributed by atoms with E-state index in [2.05, 4.69) is 78.7 Å². The van der Waals surface area contributed by atoms with E-state index in [1.165, 1.54) is 49.0 Å². The summed E-state index contributed by atoms with van der Waals surface area (Å²) >= 11 is 0. The minimum Gasteiger partial charge on any atom is -0.379 e. The van der Waals surface area contributed by atoms with E-state index in [9.17, 15) is 0 Å². The van der Waals surface area contributed by atoms with Gasteiger partial charge in [-0.1, -0.05) is 54.6 Å². The summed E-state index contributed by atoms with van der Waals surface area (Å²) in [6.45, 7) is 10.5. The molecule has 3 rings (SSSR count). The predicted molar refractivity (Wildman–Crippen MR) is 122 cm³/mol. The fourth-order valence-electron chi connectivity index (χ4n) is 4.14. The largest absolute Gasteiger partial charge is 0.379 e. The van der Waals surface area contributed by atoms with Gasteiger partial charge in [-0.15, -0.1) is 0 Å². The molecule has 0 aliphatic carbocycles. The van der Waals surface area contributed by atoms with Gasteiger partial charge in [-0.25, -0.2) is 0 Å². The first-order valence-corrected chi connectivity index (χ1v) is 11.4. The average Bonchev–Trinajstić information content (AvgIpc) is 2.73. The van der Waals surface area contributed by atoms with E-state index in [0.29, 0.717) is 6.10 Å². The lowest BCUT2D eigenvalue weighted by molar-refractivity contribution is 0.0770. The Hall–Kier alpha value is -1.68. The fraction of sp³-hybridized carbons (Fsp3) is 0.538. The lowest BCUT2D eigenvalue weighted by Crippen LogP contribution is -2.33. The quantitative estimate of drug-likeness (QED) is 0.540. The number of nitrogens with zero attached hydrogens (tertiary/aromatic N) is 1. The first-order valence-electron chi connectivity index (χ1n) is 11.4. The lowest BCUT2D eigenvalue weighted by atomic mass is 9.90. The zero-order valence-corrected chi connectivity index (χ0v) is 18.3. The molecule has 2 aromatic rings. The van der Waals surface area contributed by atoms with Gasteiger partial charge in [0.05, 0.1) is 6.10 Å². The van der Waals surface area contributed by atoms with Crippen LogP contribution < -0.4 is 5.32 Å². The maximum atomic E-state index is 5.59. The van der Waals surface area contributed by atoms with Crippen LogP contribution in [0, 0.1) is 5.92 Å². The van der Waals surface area contributed by atoms with E-state index >= 15 is 0 Å². The number of likely N-dealkylation sites (tertiary alicyclic amines) is 1. The zero-order valence-electron chi connectivity index (χ0n) is 18.3. The van der Waals surface area contributed by atoms with Crippen LogP contribution in [0.2, 0.25) is 0 Å². The number of hydrogen-bond acceptors (Lipinski definition) is 3. The van der Waals surface area contributed by atoms with Crippen molar-refractivity contribution in [3.63, 3.8) is 0 Å². The highest BCUT2D eigenvalue weighted by Crippen LogP contribution is 2.23. The average molecular weight is 395 g/mol. The molecular weight excluding hydrogens is 356 g/mol. The summed E-state index contributed by atoms with van der Waals surface area (Å²) in [5.41, 5.74) is 4.31. The molecule has 158 valence electrons. The van der Waals surface area contributed by atoms with Crippen LogP contribution in [0.4, 0.5) is 0 Å². The van der Waals surface area contributed by atoms with E-state index in [0.717, 1.165) is 38.6 Å². The summed E-state index contributed by atoms with van der Waals surface area (Å²) in [5, 5.41) is 3.54. The molecule has 29 heavy (non-hydrogen) atoms. The molecule has 1 N–H and O–H groups in total. The number of benzene rings is 2. The summed E-state index contributed by atoms with van der Waals surface area (Å²) in [6, 6.07) is 20.0. The molecule has 0 unspecified atom stereocenters. The normalized spacial score (nSPS) is 15.8. The van der Waals surface area contributed by atoms with E-state index in [1.54, 1.807) is 0 Å². The van der Waals surface area contributed by atoms with Crippen LogP contribution >= 0.6 is 0 Å². The zero-order chi connectivity index (χ0) is 20.3. The van der Waals surface area contributed by atoms with Crippen molar-refractivity contribution in [2.24, 2.45) is 5.92 Å². The van der Waals surface area contributed by atoms with Gasteiger partial charge in [-0.3, -0.25) is 4.90 Å². The standard InChI is InChI=1S/C26H38N2O/c1-22(2)29-17-7-14-27-20-25-10-6-11-26(19-25)21-28-15-12-24(13-16-28)18-23-8-4-3-5-9-23/h3-6,8-11,19,22,24,27H,7,12-18,20-21H2,1-2H3. The Kier molecular flexibility index (Phi) is 9.20. The second-order valence-electron chi connectivity index (χ2n) is 8.68. The second-order valence-corrected chi connectivity index (χ2v) is 8.68. The van der Waals surface area contributed by atoms with Gasteiger partial charge in [0.2, 0.25) is 0 Å². The summed E-state index contributed by atoms with van der Waals surface area (Å²) in [6.07, 6.45) is 5.26. The molecule has 1 aliphatic rings. The predicted octanol–water partition coefficient (Wildman–Crippen LogP) is 5.05. The van der Waals surface area contributed by atoms with Gasteiger partial charge in [0.25, 0.3) is 0 Å². The van der Waals surface area contributed by atoms with Gasteiger partial charge in [-0.2, -0.15) is 0 Å². The molecule has 0 spiro atoms. The molecule has 3 heteroatoms. The molecule has 2 aromatic carbocycles. The third kappa shape index (κ3) is 8.30. The highest BCUT2D eigenvalue weighted by Gasteiger charge is 2.19. The summed E-state index contributed by atoms with van der Waals surface area (Å²) in [5.74, 6) is 0.837. The van der Waals surface area contributed by atoms with Gasteiger partial charge < -0.3 is 10.1 Å². The fourth-order valence-corrected chi connectivity index (χ4v) is 4.14. The van der Waals surface area contributed by atoms with E-state index in [4.69, 9.17) is 4.74 Å². The molecule has 1 heterocycles. The third-order valence-electron chi connectivity index (χ3n) is 5.75. The molecule has 0 bridgehead atoms. The number of nitrogens with one attached hydrogen (secondary N) is 1. The molecular formula is C26H38N2O. The van der Waals surface area contributed by atoms with Gasteiger partial charge in [0, 0.05) is 19.7 Å². The Balaban J connectivity index is 1.36. The van der Waals surface area contributed by atoms with Gasteiger partial charge in [0.15, 0.2) is 0 Å². The highest BCUT2D eigenvalue weighted by atomic mass is 16.5. The van der Waals surface area contributed by atoms with Gasteiger partial charge in [-0.05, 0) is 81.8 Å². The maximum Gasteiger partial charge on any atom is 0.0518 e. The molecule has 1 fully saturated rings. The van der Waals surface area contributed by atoms with Crippen molar-refractivity contribution in [1.82, 2.24) is 10.2 Å². The minimum absolute atomic E-state index is 0.329. The second kappa shape index (κ2) is 12.1. The number of rotatable bonds is 11. The van der Waals surface area contributed by atoms with Crippen LogP contribution in [-0.4, -0.2) is 37.2 Å². The van der Waals surface area contributed by atoms with Crippen molar-refractivity contribution in [1.29, 1.82) is 0 Å². The van der Waals surface area contributed by atoms with Crippen molar-refractivity contribution in [3.8, 4) is 0 Å². The smallest absolute Gasteiger partial charge is 0.0518 e. The van der Waals surface area contributed by atoms with Crippen LogP contribution in [0.15, 0.2) is 54.6 Å². The van der Waals surface area contributed by atoms with Crippen LogP contribution in [0.3, 0.4) is 0 Å². The Labute approximate surface area is 177 Å². The monoisotopic (exact) mass is 394 g/mol. The van der Waals surface area contributed by atoms with Crippen LogP contribution in [-0.2, 0) is 24.2 Å². The van der Waals surface area contributed by atoms with Crippen molar-refractivity contribution in [2.45, 2.75) is 58.7 Å². The number of hydrogen-bond donors (Lipinski definition) is 1. The Bertz CT molecular complexity index is 693. The van der Waals surface area contributed by atoms with Gasteiger partial charge in [0.1, 0.15) is 0 Å². The SMILES string of the molecule is CC(C)OCCCNCc1cccc(CN2CCC(Cc3ccccc3)CC2)c1. The molecule has 0 radical (unpaired) electrons. The molecule has 1 saturated heterocycles. The van der Waals surface area contributed by atoms with Crippen molar-refractivity contribution in [2.75, 3.05) is 26.2 Å². The summed E-state index contributed by atoms with van der Waals surface area (Å²) < 4.78 is 5.59. The molecule has 0 saturated carbocycles. The Morgan fingerprint density at radius 3 is 2.45 bits per heavy atom. The Morgan fingerprint density at radius 1 is 0.966 bits per heavy atom. The van der Waals surface area contributed by atoms with E-state index in [1.807, 2.05) is 0 Å². The van der Waals surface area contributed by atoms with Crippen molar-refractivity contribution < 1.29 is 4.74 Å². The van der Waals surface area contributed by atoms with E-state index in [-0.39, 0.29) is 0 Å². The first kappa shape index (κ1) is 22.0. The molecule has 1 aliphatic heterocycles. The topological polar surface area (TPSA) is 24.5 Å². The van der Waals surface area contributed by atoms with Gasteiger partial charge >= 0.3 is 0 Å².